The first-order valence-electron chi connectivity index (χ1n) is 9.96. The summed E-state index contributed by atoms with van der Waals surface area (Å²) in [7, 11) is 0. The van der Waals surface area contributed by atoms with Crippen LogP contribution in [0.3, 0.4) is 0 Å². The number of aryl methyl sites for hydroxylation is 1. The van der Waals surface area contributed by atoms with Gasteiger partial charge < -0.3 is 4.74 Å². The minimum absolute atomic E-state index is 0.134. The van der Waals surface area contributed by atoms with Crippen LogP contribution in [0.2, 0.25) is 10.0 Å². The van der Waals surface area contributed by atoms with Gasteiger partial charge in [0.15, 0.2) is 5.13 Å². The van der Waals surface area contributed by atoms with Crippen molar-refractivity contribution in [2.24, 2.45) is 0 Å². The number of amides is 1. The zero-order valence-corrected chi connectivity index (χ0v) is 19.1. The van der Waals surface area contributed by atoms with Crippen molar-refractivity contribution >= 4 is 55.8 Å². The van der Waals surface area contributed by atoms with Gasteiger partial charge >= 0.3 is 0 Å². The van der Waals surface area contributed by atoms with Crippen molar-refractivity contribution in [1.82, 2.24) is 9.88 Å². The minimum atomic E-state index is -0.134. The van der Waals surface area contributed by atoms with Crippen LogP contribution in [0.4, 0.5) is 5.13 Å². The molecule has 0 N–H and O–H groups in total. The molecule has 4 rings (SSSR count). The smallest absolute Gasteiger partial charge is 0.261 e. The molecule has 0 radical (unpaired) electrons. The number of fused-ring (bicyclic) bond motifs is 1. The van der Waals surface area contributed by atoms with Crippen molar-refractivity contribution < 1.29 is 9.53 Å². The molecule has 1 saturated heterocycles. The molecule has 0 saturated carbocycles. The molecule has 0 aliphatic carbocycles. The molecule has 0 bridgehead atoms. The van der Waals surface area contributed by atoms with Gasteiger partial charge in [-0.25, -0.2) is 4.98 Å². The first-order chi connectivity index (χ1) is 14.5. The molecule has 2 heterocycles. The van der Waals surface area contributed by atoms with E-state index in [4.69, 9.17) is 32.9 Å². The lowest BCUT2D eigenvalue weighted by atomic mass is 10.2. The van der Waals surface area contributed by atoms with Gasteiger partial charge in [0.25, 0.3) is 5.91 Å². The van der Waals surface area contributed by atoms with Crippen molar-refractivity contribution in [2.75, 3.05) is 44.3 Å². The number of carbonyl (C=O) groups excluding carboxylic acids is 1. The van der Waals surface area contributed by atoms with Gasteiger partial charge in [-0.15, -0.1) is 0 Å². The second kappa shape index (κ2) is 9.62. The molecule has 158 valence electrons. The Balaban J connectivity index is 1.62. The average Bonchev–Trinajstić information content (AvgIpc) is 3.16. The molecule has 2 aromatic carbocycles. The molecule has 1 aliphatic heterocycles. The molecule has 30 heavy (non-hydrogen) atoms. The number of thiazole rings is 1. The van der Waals surface area contributed by atoms with E-state index in [0.29, 0.717) is 27.3 Å². The Morgan fingerprint density at radius 2 is 2.00 bits per heavy atom. The second-order valence-corrected chi connectivity index (χ2v) is 9.16. The highest BCUT2D eigenvalue weighted by Gasteiger charge is 2.24. The fraction of sp³-hybridized carbons (Fsp3) is 0.364. The van der Waals surface area contributed by atoms with E-state index in [0.717, 1.165) is 55.0 Å². The summed E-state index contributed by atoms with van der Waals surface area (Å²) in [5.74, 6) is -0.134. The first-order valence-corrected chi connectivity index (χ1v) is 11.5. The highest BCUT2D eigenvalue weighted by molar-refractivity contribution is 7.22. The topological polar surface area (TPSA) is 45.7 Å². The molecule has 0 spiro atoms. The van der Waals surface area contributed by atoms with Gasteiger partial charge in [0.05, 0.1) is 34.0 Å². The van der Waals surface area contributed by atoms with Crippen LogP contribution in [0.15, 0.2) is 36.4 Å². The fourth-order valence-corrected chi connectivity index (χ4v) is 5.26. The summed E-state index contributed by atoms with van der Waals surface area (Å²) in [6.45, 7) is 6.84. The normalized spacial score (nSPS) is 14.9. The largest absolute Gasteiger partial charge is 0.379 e. The molecule has 1 fully saturated rings. The minimum Gasteiger partial charge on any atom is -0.379 e. The molecule has 0 atom stereocenters. The number of aromatic nitrogens is 1. The van der Waals surface area contributed by atoms with Crippen LogP contribution in [-0.2, 0) is 4.74 Å². The Labute approximate surface area is 190 Å². The third-order valence-electron chi connectivity index (χ3n) is 5.18. The quantitative estimate of drug-likeness (QED) is 0.498. The molecule has 1 amide bonds. The maximum Gasteiger partial charge on any atom is 0.261 e. The molecule has 3 aromatic rings. The molecule has 1 aliphatic rings. The van der Waals surface area contributed by atoms with E-state index < -0.39 is 0 Å². The van der Waals surface area contributed by atoms with Crippen molar-refractivity contribution in [3.05, 3.63) is 57.6 Å². The van der Waals surface area contributed by atoms with Crippen LogP contribution in [-0.4, -0.2) is 55.2 Å². The summed E-state index contributed by atoms with van der Waals surface area (Å²) in [6, 6.07) is 10.9. The van der Waals surface area contributed by atoms with Crippen molar-refractivity contribution in [1.29, 1.82) is 0 Å². The van der Waals surface area contributed by atoms with E-state index in [1.54, 1.807) is 17.0 Å². The van der Waals surface area contributed by atoms with Crippen molar-refractivity contribution in [3.63, 3.8) is 0 Å². The van der Waals surface area contributed by atoms with Crippen LogP contribution in [0.1, 0.15) is 22.3 Å². The zero-order valence-electron chi connectivity index (χ0n) is 16.7. The van der Waals surface area contributed by atoms with E-state index in [1.807, 2.05) is 31.2 Å². The van der Waals surface area contributed by atoms with Crippen LogP contribution in [0.25, 0.3) is 10.2 Å². The molecule has 1 aromatic heterocycles. The number of rotatable bonds is 6. The molecule has 8 heteroatoms. The third-order valence-corrected chi connectivity index (χ3v) is 6.75. The first kappa shape index (κ1) is 21.5. The predicted molar refractivity (Wildman–Crippen MR) is 124 cm³/mol. The second-order valence-electron chi connectivity index (χ2n) is 7.31. The zero-order chi connectivity index (χ0) is 21.1. The Morgan fingerprint density at radius 3 is 2.77 bits per heavy atom. The summed E-state index contributed by atoms with van der Waals surface area (Å²) in [5.41, 5.74) is 2.36. The number of benzene rings is 2. The monoisotopic (exact) mass is 463 g/mol. The predicted octanol–water partition coefficient (Wildman–Crippen LogP) is 5.28. The van der Waals surface area contributed by atoms with E-state index >= 15 is 0 Å². The van der Waals surface area contributed by atoms with Gasteiger partial charge in [-0.3, -0.25) is 14.6 Å². The van der Waals surface area contributed by atoms with Gasteiger partial charge in [-0.05, 0) is 43.2 Å². The van der Waals surface area contributed by atoms with Crippen LogP contribution >= 0.6 is 34.5 Å². The summed E-state index contributed by atoms with van der Waals surface area (Å²) in [5, 5.41) is 1.79. The lowest BCUT2D eigenvalue weighted by molar-refractivity contribution is 0.0376. The maximum atomic E-state index is 13.4. The van der Waals surface area contributed by atoms with E-state index in [9.17, 15) is 4.79 Å². The van der Waals surface area contributed by atoms with E-state index in [-0.39, 0.29) is 5.91 Å². The number of anilines is 1. The number of morpholine rings is 1. The standard InChI is InChI=1S/C22H23Cl2N3O2S/c1-15-13-16(23)14-19-20(15)25-22(30-19)27(8-4-7-26-9-11-29-12-10-26)21(28)17-5-2-3-6-18(17)24/h2-3,5-6,13-14H,4,7-12H2,1H3. The molecule has 0 unspecified atom stereocenters. The van der Waals surface area contributed by atoms with Crippen molar-refractivity contribution in [3.8, 4) is 0 Å². The number of hydrogen-bond donors (Lipinski definition) is 0. The number of ether oxygens (including phenoxy) is 1. The summed E-state index contributed by atoms with van der Waals surface area (Å²) in [4.78, 5) is 22.3. The molecule has 5 nitrogen and oxygen atoms in total. The summed E-state index contributed by atoms with van der Waals surface area (Å²) >= 11 is 14.0. The Hall–Kier alpha value is -1.70. The summed E-state index contributed by atoms with van der Waals surface area (Å²) < 4.78 is 6.39. The van der Waals surface area contributed by atoms with Crippen molar-refractivity contribution in [2.45, 2.75) is 13.3 Å². The Bertz CT molecular complexity index is 1050. The average molecular weight is 464 g/mol. The number of hydrogen-bond acceptors (Lipinski definition) is 5. The maximum absolute atomic E-state index is 13.4. The van der Waals surface area contributed by atoms with E-state index in [2.05, 4.69) is 4.90 Å². The molecular formula is C22H23Cl2N3O2S. The van der Waals surface area contributed by atoms with E-state index in [1.165, 1.54) is 11.3 Å². The van der Waals surface area contributed by atoms with Gasteiger partial charge in [-0.2, -0.15) is 0 Å². The summed E-state index contributed by atoms with van der Waals surface area (Å²) in [6.07, 6.45) is 0.839. The van der Waals surface area contributed by atoms with Gasteiger partial charge in [0, 0.05) is 31.2 Å². The van der Waals surface area contributed by atoms with Crippen LogP contribution < -0.4 is 4.90 Å². The van der Waals surface area contributed by atoms with Gasteiger partial charge in [-0.1, -0.05) is 46.7 Å². The third kappa shape index (κ3) is 4.79. The Morgan fingerprint density at radius 1 is 1.23 bits per heavy atom. The SMILES string of the molecule is Cc1cc(Cl)cc2sc(N(CCCN3CCOCC3)C(=O)c3ccccc3Cl)nc12. The Kier molecular flexibility index (Phi) is 6.91. The number of carbonyl (C=O) groups is 1. The lowest BCUT2D eigenvalue weighted by Crippen LogP contribution is -2.39. The lowest BCUT2D eigenvalue weighted by Gasteiger charge is -2.27. The van der Waals surface area contributed by atoms with Crippen LogP contribution in [0.5, 0.6) is 0 Å². The number of halogens is 2. The molecular weight excluding hydrogens is 441 g/mol. The van der Waals surface area contributed by atoms with Gasteiger partial charge in [0.1, 0.15) is 0 Å². The van der Waals surface area contributed by atoms with Gasteiger partial charge in [0.2, 0.25) is 0 Å². The highest BCUT2D eigenvalue weighted by Crippen LogP contribution is 2.34. The number of nitrogens with zero attached hydrogens (tertiary/aromatic N) is 3. The van der Waals surface area contributed by atoms with Crippen LogP contribution in [0, 0.1) is 6.92 Å². The highest BCUT2D eigenvalue weighted by atomic mass is 35.5. The fourth-order valence-electron chi connectivity index (χ4n) is 3.60.